The molecule has 3 unspecified atom stereocenters. The maximum atomic E-state index is 4.67. The van der Waals surface area contributed by atoms with Gasteiger partial charge >= 0.3 is 0 Å². The molecule has 3 atom stereocenters. The first-order chi connectivity index (χ1) is 8.56. The van der Waals surface area contributed by atoms with Gasteiger partial charge in [0, 0.05) is 12.1 Å². The molecule has 3 nitrogen and oxygen atoms in total. The monoisotopic (exact) mass is 247 g/mol. The average Bonchev–Trinajstić information content (AvgIpc) is 2.98. The molecule has 2 fully saturated rings. The van der Waals surface area contributed by atoms with Crippen LogP contribution in [0.1, 0.15) is 57.0 Å². The second-order valence-corrected chi connectivity index (χ2v) is 6.51. The van der Waals surface area contributed by atoms with E-state index in [9.17, 15) is 0 Å². The van der Waals surface area contributed by atoms with Gasteiger partial charge < -0.3 is 5.32 Å². The smallest absolute Gasteiger partial charge is 0.0828 e. The predicted octanol–water partition coefficient (Wildman–Crippen LogP) is 3.68. The van der Waals surface area contributed by atoms with Crippen LogP contribution in [0, 0.1) is 25.7 Å². The molecule has 2 aliphatic carbocycles. The normalized spacial score (nSPS) is 30.4. The van der Waals surface area contributed by atoms with Crippen LogP contribution >= 0.6 is 0 Å². The van der Waals surface area contributed by atoms with E-state index < -0.39 is 0 Å². The SMILES string of the molecule is Cc1nn(C(C)C)c(C)c1NC1CC2CCC1C2. The third-order valence-corrected chi connectivity index (χ3v) is 4.88. The second kappa shape index (κ2) is 4.29. The minimum atomic E-state index is 0.444. The van der Waals surface area contributed by atoms with Crippen LogP contribution in [0.4, 0.5) is 5.69 Å². The Morgan fingerprint density at radius 2 is 2.00 bits per heavy atom. The summed E-state index contributed by atoms with van der Waals surface area (Å²) < 4.78 is 2.14. The molecule has 0 spiro atoms. The van der Waals surface area contributed by atoms with Crippen LogP contribution in [-0.2, 0) is 0 Å². The Labute approximate surface area is 110 Å². The lowest BCUT2D eigenvalue weighted by Crippen LogP contribution is -2.26. The van der Waals surface area contributed by atoms with E-state index in [1.807, 2.05) is 0 Å². The highest BCUT2D eigenvalue weighted by molar-refractivity contribution is 5.53. The summed E-state index contributed by atoms with van der Waals surface area (Å²) in [6, 6.07) is 1.14. The van der Waals surface area contributed by atoms with Crippen molar-refractivity contribution in [3.63, 3.8) is 0 Å². The number of hydrogen-bond donors (Lipinski definition) is 1. The summed E-state index contributed by atoms with van der Waals surface area (Å²) in [5.74, 6) is 1.91. The summed E-state index contributed by atoms with van der Waals surface area (Å²) in [4.78, 5) is 0. The fourth-order valence-corrected chi connectivity index (χ4v) is 3.98. The van der Waals surface area contributed by atoms with Crippen molar-refractivity contribution in [1.82, 2.24) is 9.78 Å². The number of nitrogens with one attached hydrogen (secondary N) is 1. The Bertz CT molecular complexity index is 447. The first kappa shape index (κ1) is 12.1. The largest absolute Gasteiger partial charge is 0.379 e. The van der Waals surface area contributed by atoms with Crippen molar-refractivity contribution < 1.29 is 0 Å². The third-order valence-electron chi connectivity index (χ3n) is 4.88. The molecule has 2 saturated carbocycles. The minimum Gasteiger partial charge on any atom is -0.379 e. The molecule has 1 aromatic rings. The van der Waals surface area contributed by atoms with Crippen LogP contribution in [0.25, 0.3) is 0 Å². The molecule has 1 aromatic heterocycles. The Kier molecular flexibility index (Phi) is 2.87. The van der Waals surface area contributed by atoms with E-state index in [2.05, 4.69) is 42.8 Å². The molecule has 0 aliphatic heterocycles. The van der Waals surface area contributed by atoms with Gasteiger partial charge in [-0.05, 0) is 58.8 Å². The van der Waals surface area contributed by atoms with E-state index in [0.717, 1.165) is 17.5 Å². The zero-order valence-corrected chi connectivity index (χ0v) is 12.0. The van der Waals surface area contributed by atoms with Crippen LogP contribution in [0.15, 0.2) is 0 Å². The summed E-state index contributed by atoms with van der Waals surface area (Å²) >= 11 is 0. The molecule has 0 aromatic carbocycles. The highest BCUT2D eigenvalue weighted by Crippen LogP contribution is 2.46. The van der Waals surface area contributed by atoms with Gasteiger partial charge in [0.2, 0.25) is 0 Å². The highest BCUT2D eigenvalue weighted by Gasteiger charge is 2.39. The average molecular weight is 247 g/mol. The fraction of sp³-hybridized carbons (Fsp3) is 0.800. The van der Waals surface area contributed by atoms with Gasteiger partial charge in [0.15, 0.2) is 0 Å². The number of anilines is 1. The van der Waals surface area contributed by atoms with Crippen LogP contribution in [0.5, 0.6) is 0 Å². The highest BCUT2D eigenvalue weighted by atomic mass is 15.3. The molecule has 0 radical (unpaired) electrons. The van der Waals surface area contributed by atoms with Crippen molar-refractivity contribution >= 4 is 5.69 Å². The summed E-state index contributed by atoms with van der Waals surface area (Å²) in [7, 11) is 0. The topological polar surface area (TPSA) is 29.9 Å². The lowest BCUT2D eigenvalue weighted by atomic mass is 9.95. The number of hydrogen-bond acceptors (Lipinski definition) is 2. The predicted molar refractivity (Wildman–Crippen MR) is 74.9 cm³/mol. The molecule has 18 heavy (non-hydrogen) atoms. The van der Waals surface area contributed by atoms with Gasteiger partial charge in [0.25, 0.3) is 0 Å². The Morgan fingerprint density at radius 1 is 1.22 bits per heavy atom. The first-order valence-corrected chi connectivity index (χ1v) is 7.38. The summed E-state index contributed by atoms with van der Waals surface area (Å²) in [5, 5.41) is 8.47. The van der Waals surface area contributed by atoms with Crippen LogP contribution in [0.3, 0.4) is 0 Å². The Morgan fingerprint density at radius 3 is 2.50 bits per heavy atom. The first-order valence-electron chi connectivity index (χ1n) is 7.38. The van der Waals surface area contributed by atoms with E-state index in [1.54, 1.807) is 0 Å². The van der Waals surface area contributed by atoms with Crippen molar-refractivity contribution in [2.75, 3.05) is 5.32 Å². The number of aryl methyl sites for hydroxylation is 1. The number of fused-ring (bicyclic) bond motifs is 2. The van der Waals surface area contributed by atoms with E-state index in [4.69, 9.17) is 0 Å². The molecule has 2 bridgehead atoms. The van der Waals surface area contributed by atoms with Gasteiger partial charge in [-0.25, -0.2) is 0 Å². The molecule has 3 rings (SSSR count). The molecule has 1 N–H and O–H groups in total. The second-order valence-electron chi connectivity index (χ2n) is 6.51. The number of rotatable bonds is 3. The zero-order valence-electron chi connectivity index (χ0n) is 12.0. The number of aromatic nitrogens is 2. The molecular weight excluding hydrogens is 222 g/mol. The van der Waals surface area contributed by atoms with Crippen molar-refractivity contribution in [2.45, 2.75) is 65.5 Å². The summed E-state index contributed by atoms with van der Waals surface area (Å²) in [6.45, 7) is 8.71. The van der Waals surface area contributed by atoms with E-state index >= 15 is 0 Å². The van der Waals surface area contributed by atoms with Crippen LogP contribution in [0.2, 0.25) is 0 Å². The Hall–Kier alpha value is -0.990. The molecule has 0 amide bonds. The molecule has 1 heterocycles. The maximum absolute atomic E-state index is 4.67. The Balaban J connectivity index is 1.80. The lowest BCUT2D eigenvalue weighted by Gasteiger charge is -2.24. The minimum absolute atomic E-state index is 0.444. The van der Waals surface area contributed by atoms with E-state index in [0.29, 0.717) is 12.1 Å². The van der Waals surface area contributed by atoms with Crippen LogP contribution < -0.4 is 5.32 Å². The number of nitrogens with zero attached hydrogens (tertiary/aromatic N) is 2. The molecule has 2 aliphatic rings. The van der Waals surface area contributed by atoms with Crippen LogP contribution in [-0.4, -0.2) is 15.8 Å². The molecular formula is C15H25N3. The summed E-state index contributed by atoms with van der Waals surface area (Å²) in [6.07, 6.45) is 5.72. The maximum Gasteiger partial charge on any atom is 0.0828 e. The van der Waals surface area contributed by atoms with E-state index in [-0.39, 0.29) is 0 Å². The van der Waals surface area contributed by atoms with Gasteiger partial charge in [-0.1, -0.05) is 6.42 Å². The van der Waals surface area contributed by atoms with Gasteiger partial charge in [-0.2, -0.15) is 5.10 Å². The van der Waals surface area contributed by atoms with Crippen molar-refractivity contribution in [2.24, 2.45) is 11.8 Å². The van der Waals surface area contributed by atoms with Crippen molar-refractivity contribution in [3.8, 4) is 0 Å². The van der Waals surface area contributed by atoms with Gasteiger partial charge in [0.1, 0.15) is 0 Å². The van der Waals surface area contributed by atoms with E-state index in [1.165, 1.54) is 37.1 Å². The van der Waals surface area contributed by atoms with Crippen molar-refractivity contribution in [1.29, 1.82) is 0 Å². The standard InChI is InChI=1S/C15H25N3/c1-9(2)18-11(4)15(10(3)17-18)16-14-8-12-5-6-13(14)7-12/h9,12-14,16H,5-8H2,1-4H3. The lowest BCUT2D eigenvalue weighted by molar-refractivity contribution is 0.439. The zero-order chi connectivity index (χ0) is 12.9. The third kappa shape index (κ3) is 1.84. The fourth-order valence-electron chi connectivity index (χ4n) is 3.98. The quantitative estimate of drug-likeness (QED) is 0.883. The van der Waals surface area contributed by atoms with Crippen molar-refractivity contribution in [3.05, 3.63) is 11.4 Å². The molecule has 0 saturated heterocycles. The summed E-state index contributed by atoms with van der Waals surface area (Å²) in [5.41, 5.74) is 3.75. The molecule has 3 heteroatoms. The van der Waals surface area contributed by atoms with Gasteiger partial charge in [-0.3, -0.25) is 4.68 Å². The molecule has 100 valence electrons. The van der Waals surface area contributed by atoms with Gasteiger partial charge in [0.05, 0.1) is 17.1 Å². The van der Waals surface area contributed by atoms with Gasteiger partial charge in [-0.15, -0.1) is 0 Å².